The molecule has 0 unspecified atom stereocenters. The van der Waals surface area contributed by atoms with E-state index in [9.17, 15) is 4.79 Å². The van der Waals surface area contributed by atoms with Crippen molar-refractivity contribution in [2.45, 2.75) is 17.9 Å². The number of amides is 1. The number of thiophene rings is 1. The van der Waals surface area contributed by atoms with Crippen LogP contribution in [0, 0.1) is 0 Å². The third-order valence-corrected chi connectivity index (χ3v) is 5.82. The van der Waals surface area contributed by atoms with Crippen molar-refractivity contribution in [3.05, 3.63) is 45.1 Å². The van der Waals surface area contributed by atoms with Crippen LogP contribution in [0.15, 0.2) is 34.5 Å². The molecule has 0 saturated heterocycles. The van der Waals surface area contributed by atoms with Crippen LogP contribution in [0.4, 0.5) is 5.69 Å². The molecule has 21 heavy (non-hydrogen) atoms. The van der Waals surface area contributed by atoms with Crippen molar-refractivity contribution in [2.75, 3.05) is 18.0 Å². The summed E-state index contributed by atoms with van der Waals surface area (Å²) in [6.45, 7) is 1.54. The largest absolute Gasteiger partial charge is 0.398 e. The summed E-state index contributed by atoms with van der Waals surface area (Å²) in [5, 5.41) is 2.71. The number of fused-ring (bicyclic) bond motifs is 1. The van der Waals surface area contributed by atoms with E-state index in [0.29, 0.717) is 16.5 Å². The van der Waals surface area contributed by atoms with Crippen LogP contribution in [0.3, 0.4) is 0 Å². The number of carbonyl (C=O) groups is 1. The fourth-order valence-corrected chi connectivity index (χ4v) is 4.26. The van der Waals surface area contributed by atoms with Gasteiger partial charge in [0.15, 0.2) is 0 Å². The summed E-state index contributed by atoms with van der Waals surface area (Å²) in [6.07, 6.45) is 0.965. The van der Waals surface area contributed by atoms with E-state index in [2.05, 4.69) is 11.4 Å². The second-order valence-corrected chi connectivity index (χ2v) is 7.36. The van der Waals surface area contributed by atoms with Gasteiger partial charge in [-0.3, -0.25) is 4.79 Å². The molecule has 1 amide bonds. The highest BCUT2D eigenvalue weighted by molar-refractivity contribution is 8.00. The maximum absolute atomic E-state index is 12.3. The standard InChI is InChI=1S/C15H15ClN2OS2/c16-11-1-2-14(12(17)7-11)21-9-15(19)18-5-3-13-10(8-18)4-6-20-13/h1-2,4,6-7H,3,5,8-9,17H2. The van der Waals surface area contributed by atoms with Crippen molar-refractivity contribution >= 4 is 46.3 Å². The van der Waals surface area contributed by atoms with Crippen LogP contribution in [-0.4, -0.2) is 23.1 Å². The number of halogens is 1. The number of thioether (sulfide) groups is 1. The van der Waals surface area contributed by atoms with E-state index in [1.165, 1.54) is 22.2 Å². The van der Waals surface area contributed by atoms with Crippen LogP contribution in [0.25, 0.3) is 0 Å². The van der Waals surface area contributed by atoms with Gasteiger partial charge in [-0.2, -0.15) is 0 Å². The van der Waals surface area contributed by atoms with Gasteiger partial charge < -0.3 is 10.6 Å². The molecule has 110 valence electrons. The second kappa shape index (κ2) is 6.30. The van der Waals surface area contributed by atoms with Crippen molar-refractivity contribution in [2.24, 2.45) is 0 Å². The fraction of sp³-hybridized carbons (Fsp3) is 0.267. The first-order valence-corrected chi connectivity index (χ1v) is 8.88. The van der Waals surface area contributed by atoms with Gasteiger partial charge in [0, 0.05) is 33.6 Å². The van der Waals surface area contributed by atoms with Crippen LogP contribution in [0.2, 0.25) is 5.02 Å². The summed E-state index contributed by atoms with van der Waals surface area (Å²) in [4.78, 5) is 16.6. The number of rotatable bonds is 3. The Bertz CT molecular complexity index is 671. The van der Waals surface area contributed by atoms with E-state index >= 15 is 0 Å². The predicted octanol–water partition coefficient (Wildman–Crippen LogP) is 3.66. The van der Waals surface area contributed by atoms with Crippen LogP contribution < -0.4 is 5.73 Å². The zero-order chi connectivity index (χ0) is 14.8. The van der Waals surface area contributed by atoms with E-state index < -0.39 is 0 Å². The number of benzene rings is 1. The smallest absolute Gasteiger partial charge is 0.233 e. The SMILES string of the molecule is Nc1cc(Cl)ccc1SCC(=O)N1CCc2sccc2C1. The van der Waals surface area contributed by atoms with Crippen molar-refractivity contribution < 1.29 is 4.79 Å². The molecule has 3 nitrogen and oxygen atoms in total. The minimum absolute atomic E-state index is 0.159. The number of carbonyl (C=O) groups excluding carboxylic acids is 1. The molecule has 2 heterocycles. The van der Waals surface area contributed by atoms with E-state index in [-0.39, 0.29) is 5.91 Å². The summed E-state index contributed by atoms with van der Waals surface area (Å²) in [5.74, 6) is 0.567. The summed E-state index contributed by atoms with van der Waals surface area (Å²) in [6, 6.07) is 7.49. The molecule has 1 aromatic heterocycles. The lowest BCUT2D eigenvalue weighted by atomic mass is 10.1. The van der Waals surface area contributed by atoms with E-state index in [1.807, 2.05) is 11.0 Å². The molecule has 0 radical (unpaired) electrons. The molecule has 0 spiro atoms. The highest BCUT2D eigenvalue weighted by atomic mass is 35.5. The normalized spacial score (nSPS) is 14.0. The van der Waals surface area contributed by atoms with Crippen LogP contribution >= 0.6 is 34.7 Å². The Hall–Kier alpha value is -1.17. The minimum atomic E-state index is 0.159. The van der Waals surface area contributed by atoms with Crippen molar-refractivity contribution in [3.63, 3.8) is 0 Å². The number of hydrogen-bond donors (Lipinski definition) is 1. The van der Waals surface area contributed by atoms with Gasteiger partial charge in [-0.05, 0) is 41.6 Å². The Morgan fingerprint density at radius 3 is 3.10 bits per heavy atom. The van der Waals surface area contributed by atoms with Gasteiger partial charge in [-0.25, -0.2) is 0 Å². The molecule has 2 aromatic rings. The Kier molecular flexibility index (Phi) is 4.42. The second-order valence-electron chi connectivity index (χ2n) is 4.91. The summed E-state index contributed by atoms with van der Waals surface area (Å²) in [5.41, 5.74) is 7.82. The Balaban J connectivity index is 1.60. The van der Waals surface area contributed by atoms with Crippen molar-refractivity contribution in [1.82, 2.24) is 4.90 Å². The lowest BCUT2D eigenvalue weighted by Gasteiger charge is -2.27. The van der Waals surface area contributed by atoms with Gasteiger partial charge in [0.05, 0.1) is 5.75 Å². The maximum atomic E-state index is 12.3. The van der Waals surface area contributed by atoms with E-state index in [4.69, 9.17) is 17.3 Å². The molecule has 3 rings (SSSR count). The van der Waals surface area contributed by atoms with Crippen molar-refractivity contribution in [1.29, 1.82) is 0 Å². The van der Waals surface area contributed by atoms with Gasteiger partial charge >= 0.3 is 0 Å². The molecule has 6 heteroatoms. The zero-order valence-corrected chi connectivity index (χ0v) is 13.7. The average Bonchev–Trinajstić information content (AvgIpc) is 2.93. The topological polar surface area (TPSA) is 46.3 Å². The van der Waals surface area contributed by atoms with Crippen LogP contribution in [-0.2, 0) is 17.8 Å². The van der Waals surface area contributed by atoms with Crippen LogP contribution in [0.5, 0.6) is 0 Å². The summed E-state index contributed by atoms with van der Waals surface area (Å²) < 4.78 is 0. The van der Waals surface area contributed by atoms with Crippen molar-refractivity contribution in [3.8, 4) is 0 Å². The third kappa shape index (κ3) is 3.36. The minimum Gasteiger partial charge on any atom is -0.398 e. The summed E-state index contributed by atoms with van der Waals surface area (Å²) >= 11 is 9.12. The highest BCUT2D eigenvalue weighted by Crippen LogP contribution is 2.29. The fourth-order valence-electron chi connectivity index (χ4n) is 2.34. The number of hydrogen-bond acceptors (Lipinski definition) is 4. The average molecular weight is 339 g/mol. The van der Waals surface area contributed by atoms with E-state index in [0.717, 1.165) is 24.4 Å². The Labute approximate surface area is 137 Å². The molecule has 0 aliphatic carbocycles. The molecule has 1 aliphatic rings. The predicted molar refractivity (Wildman–Crippen MR) is 90.0 cm³/mol. The van der Waals surface area contributed by atoms with Gasteiger partial charge in [-0.15, -0.1) is 23.1 Å². The Morgan fingerprint density at radius 1 is 1.43 bits per heavy atom. The van der Waals surface area contributed by atoms with Crippen LogP contribution in [0.1, 0.15) is 10.4 Å². The quantitative estimate of drug-likeness (QED) is 0.686. The highest BCUT2D eigenvalue weighted by Gasteiger charge is 2.21. The molecule has 0 fully saturated rings. The molecular formula is C15H15ClN2OS2. The molecule has 2 N–H and O–H groups in total. The molecule has 1 aliphatic heterocycles. The molecule has 0 atom stereocenters. The molecule has 0 saturated carbocycles. The number of nitrogen functional groups attached to an aromatic ring is 1. The Morgan fingerprint density at radius 2 is 2.29 bits per heavy atom. The van der Waals surface area contributed by atoms with Gasteiger partial charge in [0.25, 0.3) is 0 Å². The third-order valence-electron chi connectivity index (χ3n) is 3.48. The van der Waals surface area contributed by atoms with Gasteiger partial charge in [0.1, 0.15) is 0 Å². The lowest BCUT2D eigenvalue weighted by Crippen LogP contribution is -2.36. The monoisotopic (exact) mass is 338 g/mol. The summed E-state index contributed by atoms with van der Waals surface area (Å²) in [7, 11) is 0. The number of nitrogens with zero attached hydrogens (tertiary/aromatic N) is 1. The number of nitrogens with two attached hydrogens (primary N) is 1. The van der Waals surface area contributed by atoms with Gasteiger partial charge in [-0.1, -0.05) is 11.6 Å². The lowest BCUT2D eigenvalue weighted by molar-refractivity contribution is -0.129. The van der Waals surface area contributed by atoms with E-state index in [1.54, 1.807) is 23.5 Å². The first-order chi connectivity index (χ1) is 10.1. The first kappa shape index (κ1) is 14.8. The molecular weight excluding hydrogens is 324 g/mol. The first-order valence-electron chi connectivity index (χ1n) is 6.64. The maximum Gasteiger partial charge on any atom is 0.233 e. The van der Waals surface area contributed by atoms with Gasteiger partial charge in [0.2, 0.25) is 5.91 Å². The zero-order valence-electron chi connectivity index (χ0n) is 11.3. The molecule has 0 bridgehead atoms. The molecule has 1 aromatic carbocycles. The number of anilines is 1.